The molecule has 5 rings (SSSR count). The van der Waals surface area contributed by atoms with Crippen LogP contribution < -0.4 is 19.8 Å². The van der Waals surface area contributed by atoms with E-state index in [1.54, 1.807) is 67.9 Å². The minimum Gasteiger partial charge on any atom is -0.497 e. The van der Waals surface area contributed by atoms with Gasteiger partial charge < -0.3 is 14.2 Å². The van der Waals surface area contributed by atoms with Crippen molar-refractivity contribution < 1.29 is 19.0 Å². The molecule has 8 heteroatoms. The van der Waals surface area contributed by atoms with E-state index in [2.05, 4.69) is 5.10 Å². The Bertz CT molecular complexity index is 1760. The summed E-state index contributed by atoms with van der Waals surface area (Å²) in [5, 5.41) is 4.99. The number of esters is 1. The lowest BCUT2D eigenvalue weighted by molar-refractivity contribution is 0.0728. The molecular weight excluding hydrogens is 506 g/mol. The van der Waals surface area contributed by atoms with Crippen LogP contribution in [0.5, 0.6) is 17.2 Å². The first kappa shape index (κ1) is 26.4. The number of benzene rings is 4. The molecule has 0 saturated carbocycles. The van der Waals surface area contributed by atoms with Gasteiger partial charge in [-0.2, -0.15) is 9.78 Å². The highest BCUT2D eigenvalue weighted by Crippen LogP contribution is 2.29. The van der Waals surface area contributed by atoms with E-state index in [9.17, 15) is 9.59 Å². The minimum absolute atomic E-state index is 0.268. The van der Waals surface area contributed by atoms with E-state index >= 15 is 0 Å². The van der Waals surface area contributed by atoms with Gasteiger partial charge in [-0.25, -0.2) is 9.78 Å². The standard InChI is InChI=1S/C32H27N3O5/c1-4-39-29-19-22(11-18-28(29)40-32(37)24-14-16-25(38-3)17-15-24)20-33-35-30(23-12-9-21(2)10-13-23)34-27-8-6-5-7-26(27)31(35)36/h5-20H,4H2,1-3H3. The summed E-state index contributed by atoms with van der Waals surface area (Å²) in [7, 11) is 1.56. The van der Waals surface area contributed by atoms with Crippen LogP contribution in [0.15, 0.2) is 101 Å². The molecule has 1 heterocycles. The van der Waals surface area contributed by atoms with Gasteiger partial charge in [-0.3, -0.25) is 4.79 Å². The fourth-order valence-corrected chi connectivity index (χ4v) is 4.09. The van der Waals surface area contributed by atoms with Crippen LogP contribution in [0.25, 0.3) is 22.3 Å². The largest absolute Gasteiger partial charge is 0.497 e. The summed E-state index contributed by atoms with van der Waals surface area (Å²) in [6.45, 7) is 4.19. The van der Waals surface area contributed by atoms with Crippen molar-refractivity contribution in [3.63, 3.8) is 0 Å². The quantitative estimate of drug-likeness (QED) is 0.141. The number of fused-ring (bicyclic) bond motifs is 1. The van der Waals surface area contributed by atoms with Gasteiger partial charge in [0.05, 0.1) is 36.4 Å². The normalized spacial score (nSPS) is 11.1. The fourth-order valence-electron chi connectivity index (χ4n) is 4.09. The maximum atomic E-state index is 13.4. The lowest BCUT2D eigenvalue weighted by Gasteiger charge is -2.12. The van der Waals surface area contributed by atoms with Gasteiger partial charge >= 0.3 is 5.97 Å². The third-order valence-corrected chi connectivity index (χ3v) is 6.18. The minimum atomic E-state index is -0.526. The van der Waals surface area contributed by atoms with Crippen LogP contribution in [0.4, 0.5) is 0 Å². The molecule has 0 aliphatic carbocycles. The van der Waals surface area contributed by atoms with Crippen LogP contribution in [-0.4, -0.2) is 35.6 Å². The van der Waals surface area contributed by atoms with Crippen LogP contribution in [0.3, 0.4) is 0 Å². The van der Waals surface area contributed by atoms with Crippen LogP contribution in [0, 0.1) is 6.92 Å². The lowest BCUT2D eigenvalue weighted by Crippen LogP contribution is -2.20. The third kappa shape index (κ3) is 5.61. The molecule has 0 fully saturated rings. The Hall–Kier alpha value is -5.24. The highest BCUT2D eigenvalue weighted by atomic mass is 16.6. The molecule has 0 bridgehead atoms. The number of methoxy groups -OCH3 is 1. The van der Waals surface area contributed by atoms with E-state index in [0.29, 0.717) is 46.0 Å². The Morgan fingerprint density at radius 2 is 1.70 bits per heavy atom. The topological polar surface area (TPSA) is 92.0 Å². The SMILES string of the molecule is CCOc1cc(C=Nn2c(-c3ccc(C)cc3)nc3ccccc3c2=O)ccc1OC(=O)c1ccc(OC)cc1. The summed E-state index contributed by atoms with van der Waals surface area (Å²) in [5.41, 5.74) is 3.19. The van der Waals surface area contributed by atoms with Gasteiger partial charge in [-0.1, -0.05) is 42.0 Å². The molecule has 8 nitrogen and oxygen atoms in total. The number of ether oxygens (including phenoxy) is 3. The Morgan fingerprint density at radius 1 is 0.950 bits per heavy atom. The summed E-state index contributed by atoms with van der Waals surface area (Å²) < 4.78 is 17.8. The fraction of sp³-hybridized carbons (Fsp3) is 0.125. The zero-order valence-electron chi connectivity index (χ0n) is 22.3. The van der Waals surface area contributed by atoms with Gasteiger partial charge in [0.25, 0.3) is 5.56 Å². The van der Waals surface area contributed by atoms with Crippen molar-refractivity contribution in [2.45, 2.75) is 13.8 Å². The van der Waals surface area contributed by atoms with Crippen LogP contribution in [0.2, 0.25) is 0 Å². The van der Waals surface area contributed by atoms with E-state index in [1.165, 1.54) is 4.68 Å². The molecular formula is C32H27N3O5. The number of aryl methyl sites for hydroxylation is 1. The van der Waals surface area contributed by atoms with E-state index in [0.717, 1.165) is 11.1 Å². The van der Waals surface area contributed by atoms with Gasteiger partial charge in [0, 0.05) is 5.56 Å². The predicted molar refractivity (Wildman–Crippen MR) is 155 cm³/mol. The summed E-state index contributed by atoms with van der Waals surface area (Å²) in [6.07, 6.45) is 1.55. The molecule has 200 valence electrons. The second-order valence-corrected chi connectivity index (χ2v) is 8.94. The van der Waals surface area contributed by atoms with Crippen LogP contribution in [-0.2, 0) is 0 Å². The smallest absolute Gasteiger partial charge is 0.343 e. The van der Waals surface area contributed by atoms with Gasteiger partial charge in [-0.05, 0) is 74.0 Å². The maximum absolute atomic E-state index is 13.4. The lowest BCUT2D eigenvalue weighted by atomic mass is 10.1. The summed E-state index contributed by atoms with van der Waals surface area (Å²) in [6, 6.07) is 26.6. The van der Waals surface area contributed by atoms with Crippen molar-refractivity contribution in [2.24, 2.45) is 5.10 Å². The monoisotopic (exact) mass is 533 g/mol. The summed E-state index contributed by atoms with van der Waals surface area (Å²) in [5.74, 6) is 1.18. The summed E-state index contributed by atoms with van der Waals surface area (Å²) >= 11 is 0. The third-order valence-electron chi connectivity index (χ3n) is 6.18. The van der Waals surface area contributed by atoms with Gasteiger partial charge in [0.15, 0.2) is 17.3 Å². The Balaban J connectivity index is 1.49. The molecule has 0 amide bonds. The number of rotatable bonds is 8. The average Bonchev–Trinajstić information content (AvgIpc) is 2.98. The Kier molecular flexibility index (Phi) is 7.68. The second kappa shape index (κ2) is 11.7. The second-order valence-electron chi connectivity index (χ2n) is 8.94. The molecule has 5 aromatic rings. The number of carbonyl (C=O) groups is 1. The first-order valence-electron chi connectivity index (χ1n) is 12.7. The molecule has 1 aromatic heterocycles. The Morgan fingerprint density at radius 3 is 2.42 bits per heavy atom. The number of hydrogen-bond donors (Lipinski definition) is 0. The highest BCUT2D eigenvalue weighted by molar-refractivity contribution is 5.92. The van der Waals surface area contributed by atoms with Crippen molar-refractivity contribution in [2.75, 3.05) is 13.7 Å². The maximum Gasteiger partial charge on any atom is 0.343 e. The van der Waals surface area contributed by atoms with E-state index in [4.69, 9.17) is 19.2 Å². The van der Waals surface area contributed by atoms with Crippen molar-refractivity contribution in [3.8, 4) is 28.6 Å². The van der Waals surface area contributed by atoms with Gasteiger partial charge in [0.1, 0.15) is 5.75 Å². The number of hydrogen-bond acceptors (Lipinski definition) is 7. The van der Waals surface area contributed by atoms with Gasteiger partial charge in [0.2, 0.25) is 0 Å². The average molecular weight is 534 g/mol. The first-order valence-corrected chi connectivity index (χ1v) is 12.7. The van der Waals surface area contributed by atoms with Crippen molar-refractivity contribution in [1.82, 2.24) is 9.66 Å². The number of nitrogens with zero attached hydrogens (tertiary/aromatic N) is 3. The first-order chi connectivity index (χ1) is 19.5. The number of carbonyl (C=O) groups excluding carboxylic acids is 1. The van der Waals surface area contributed by atoms with Gasteiger partial charge in [-0.15, -0.1) is 0 Å². The van der Waals surface area contributed by atoms with Crippen LogP contribution >= 0.6 is 0 Å². The molecule has 0 atom stereocenters. The molecule has 0 N–H and O–H groups in total. The predicted octanol–water partition coefficient (Wildman–Crippen LogP) is 5.88. The number of aromatic nitrogens is 2. The Labute approximate surface area is 231 Å². The van der Waals surface area contributed by atoms with E-state index in [-0.39, 0.29) is 11.3 Å². The summed E-state index contributed by atoms with van der Waals surface area (Å²) in [4.78, 5) is 30.9. The molecule has 4 aromatic carbocycles. The molecule has 0 radical (unpaired) electrons. The van der Waals surface area contributed by atoms with Crippen LogP contribution in [0.1, 0.15) is 28.4 Å². The molecule has 0 aliphatic rings. The number of para-hydroxylation sites is 1. The van der Waals surface area contributed by atoms with E-state index < -0.39 is 5.97 Å². The van der Waals surface area contributed by atoms with Crippen molar-refractivity contribution in [3.05, 3.63) is 118 Å². The van der Waals surface area contributed by atoms with Crippen molar-refractivity contribution >= 4 is 23.1 Å². The zero-order valence-corrected chi connectivity index (χ0v) is 22.3. The zero-order chi connectivity index (χ0) is 28.1. The van der Waals surface area contributed by atoms with E-state index in [1.807, 2.05) is 50.2 Å². The molecule has 0 spiro atoms. The molecule has 40 heavy (non-hydrogen) atoms. The molecule has 0 unspecified atom stereocenters. The highest BCUT2D eigenvalue weighted by Gasteiger charge is 2.15. The van der Waals surface area contributed by atoms with Crippen molar-refractivity contribution in [1.29, 1.82) is 0 Å². The molecule has 0 saturated heterocycles. The molecule has 0 aliphatic heterocycles.